The zero-order valence-corrected chi connectivity index (χ0v) is 65.5. The van der Waals surface area contributed by atoms with E-state index in [1.807, 2.05) is 21.3 Å². The lowest BCUT2D eigenvalue weighted by Crippen LogP contribution is -2.61. The first-order valence-electron chi connectivity index (χ1n) is 37.9. The Morgan fingerprint density at radius 2 is 1.01 bits per heavy atom. The van der Waals surface area contributed by atoms with Gasteiger partial charge in [-0.05, 0) is 68.8 Å². The number of aliphatic carboxylic acids is 4. The molecule has 0 saturated carbocycles. The quantitative estimate of drug-likeness (QED) is 0.0110. The average Bonchev–Trinajstić information content (AvgIpc) is 1.71. The monoisotopic (exact) mass is 1680 g/mol. The van der Waals surface area contributed by atoms with Crippen LogP contribution in [0, 0.1) is 5.92 Å². The van der Waals surface area contributed by atoms with Gasteiger partial charge in [0.2, 0.25) is 88.6 Å². The molecule has 1 saturated heterocycles. The van der Waals surface area contributed by atoms with Crippen molar-refractivity contribution < 1.29 is 131 Å². The van der Waals surface area contributed by atoms with E-state index in [1.54, 1.807) is 30.5 Å². The Morgan fingerprint density at radius 3 is 1.57 bits per heavy atom. The number of para-hydroxylation sites is 2. The molecule has 1 fully saturated rings. The number of anilines is 1. The molecule has 27 N–H and O–H groups in total. The number of unbranched alkanes of at least 4 members (excludes halogenated alkanes) is 5. The van der Waals surface area contributed by atoms with Crippen molar-refractivity contribution in [2.45, 2.75) is 215 Å². The van der Waals surface area contributed by atoms with E-state index < -0.39 is 274 Å². The minimum absolute atomic E-state index is 0.0294. The Morgan fingerprint density at radius 1 is 0.504 bits per heavy atom. The van der Waals surface area contributed by atoms with Crippen molar-refractivity contribution in [3.8, 4) is 0 Å². The van der Waals surface area contributed by atoms with E-state index in [0.29, 0.717) is 35.2 Å². The second kappa shape index (κ2) is 49.6. The number of fused-ring (bicyclic) bond motifs is 1. The summed E-state index contributed by atoms with van der Waals surface area (Å²) in [6.07, 6.45) is -4.84. The lowest BCUT2D eigenvalue weighted by molar-refractivity contribution is -0.156. The number of primary amides is 2. The van der Waals surface area contributed by atoms with Gasteiger partial charge >= 0.3 is 29.8 Å². The van der Waals surface area contributed by atoms with Crippen LogP contribution in [0.15, 0.2) is 54.7 Å². The Bertz CT molecular complexity index is 4190. The van der Waals surface area contributed by atoms with Gasteiger partial charge in [-0.3, -0.25) is 95.9 Å². The predicted molar refractivity (Wildman–Crippen MR) is 413 cm³/mol. The number of carbonyl (C=O) groups excluding carboxylic acids is 17. The van der Waals surface area contributed by atoms with Gasteiger partial charge in [0.15, 0.2) is 5.78 Å². The normalized spacial score (nSPS) is 20.6. The zero-order chi connectivity index (χ0) is 88.8. The Labute approximate surface area is 679 Å². The number of hydrogen-bond acceptors (Lipinski definition) is 25. The van der Waals surface area contributed by atoms with Crippen LogP contribution in [-0.4, -0.2) is 254 Å². The van der Waals surface area contributed by atoms with Gasteiger partial charge in [0.1, 0.15) is 72.6 Å². The number of carboxylic acid groups (broad SMARTS) is 4. The maximum absolute atomic E-state index is 14.8. The van der Waals surface area contributed by atoms with Crippen LogP contribution >= 0.6 is 0 Å². The largest absolute Gasteiger partial charge is 0.481 e. The minimum Gasteiger partial charge on any atom is -0.481 e. The number of Topliss-reactive ketones (excluding diaryl/α,β-unsaturated/α-hetero) is 1. The molecule has 652 valence electrons. The van der Waals surface area contributed by atoms with Crippen molar-refractivity contribution in [1.82, 2.24) is 74.1 Å². The summed E-state index contributed by atoms with van der Waals surface area (Å²) in [7, 11) is 0. The van der Waals surface area contributed by atoms with E-state index >= 15 is 0 Å². The second-order valence-corrected chi connectivity index (χ2v) is 28.4. The number of esters is 1. The Balaban J connectivity index is 1.87. The summed E-state index contributed by atoms with van der Waals surface area (Å²) in [5, 5.41) is 78.0. The number of cyclic esters (lactones) is 1. The highest BCUT2D eigenvalue weighted by Gasteiger charge is 2.41. The predicted octanol–water partition coefficient (Wildman–Crippen LogP) is -6.38. The van der Waals surface area contributed by atoms with Crippen molar-refractivity contribution in [2.75, 3.05) is 32.0 Å². The molecule has 2 heterocycles. The first kappa shape index (κ1) is 98.1. The maximum atomic E-state index is 14.8. The molecule has 0 radical (unpaired) electrons. The number of ketones is 1. The van der Waals surface area contributed by atoms with Crippen molar-refractivity contribution in [2.24, 2.45) is 23.1 Å². The molecule has 0 aliphatic carbocycles. The van der Waals surface area contributed by atoms with Gasteiger partial charge in [0, 0.05) is 54.0 Å². The molecule has 0 bridgehead atoms. The number of hydrogen-bond donors (Lipinski definition) is 23. The van der Waals surface area contributed by atoms with Crippen LogP contribution in [0.2, 0.25) is 0 Å². The van der Waals surface area contributed by atoms with E-state index in [1.165, 1.54) is 24.3 Å². The molecule has 45 heteroatoms. The first-order valence-corrected chi connectivity index (χ1v) is 37.9. The molecule has 1 aliphatic rings. The number of amides is 15. The van der Waals surface area contributed by atoms with Crippen molar-refractivity contribution in [3.05, 3.63) is 65.9 Å². The highest BCUT2D eigenvalue weighted by molar-refractivity contribution is 6.05. The molecule has 3 aromatic rings. The molecule has 1 aliphatic heterocycles. The van der Waals surface area contributed by atoms with Crippen LogP contribution < -0.4 is 92.1 Å². The fourth-order valence-electron chi connectivity index (χ4n) is 12.0. The first-order chi connectivity index (χ1) is 56.2. The molecular weight excluding hydrogens is 1570 g/mol. The van der Waals surface area contributed by atoms with Gasteiger partial charge in [-0.25, -0.2) is 4.79 Å². The summed E-state index contributed by atoms with van der Waals surface area (Å²) in [5.41, 5.74) is 23.4. The number of nitrogens with two attached hydrogens (primary N) is 4. The lowest BCUT2D eigenvalue weighted by Gasteiger charge is -2.29. The van der Waals surface area contributed by atoms with E-state index in [2.05, 4.69) is 66.7 Å². The molecule has 1 aromatic heterocycles. The summed E-state index contributed by atoms with van der Waals surface area (Å²) in [6.45, 7) is 1.03. The van der Waals surface area contributed by atoms with Gasteiger partial charge in [-0.1, -0.05) is 82.7 Å². The van der Waals surface area contributed by atoms with E-state index in [9.17, 15) is 126 Å². The van der Waals surface area contributed by atoms with E-state index in [4.69, 9.17) is 27.7 Å². The maximum Gasteiger partial charge on any atom is 0.329 e. The van der Waals surface area contributed by atoms with Crippen LogP contribution in [0.5, 0.6) is 0 Å². The molecule has 15 amide bonds. The fourth-order valence-corrected chi connectivity index (χ4v) is 12.0. The van der Waals surface area contributed by atoms with Crippen LogP contribution in [0.25, 0.3) is 10.9 Å². The number of aliphatic hydroxyl groups is 1. The molecule has 2 aromatic carbocycles. The Hall–Kier alpha value is -13.2. The highest BCUT2D eigenvalue weighted by Crippen LogP contribution is 2.22. The van der Waals surface area contributed by atoms with Crippen LogP contribution in [-0.2, 0) is 107 Å². The summed E-state index contributed by atoms with van der Waals surface area (Å²) >= 11 is 0. The summed E-state index contributed by atoms with van der Waals surface area (Å²) in [4.78, 5) is 289. The molecule has 119 heavy (non-hydrogen) atoms. The molecule has 4 rings (SSSR count). The zero-order valence-electron chi connectivity index (χ0n) is 65.5. The molecule has 12 unspecified atom stereocenters. The molecule has 45 nitrogen and oxygen atoms in total. The number of ether oxygens (including phenoxy) is 1. The van der Waals surface area contributed by atoms with Gasteiger partial charge in [0.05, 0.1) is 51.8 Å². The van der Waals surface area contributed by atoms with Crippen molar-refractivity contribution in [1.29, 1.82) is 0 Å². The minimum atomic E-state index is -2.48. The van der Waals surface area contributed by atoms with Crippen molar-refractivity contribution >= 4 is 141 Å². The van der Waals surface area contributed by atoms with E-state index in [-0.39, 0.29) is 37.1 Å². The topological polar surface area (TPSA) is 745 Å². The number of carbonyl (C=O) groups is 21. The molecular formula is C74H104N18O27. The lowest BCUT2D eigenvalue weighted by atomic mass is 10.0. The van der Waals surface area contributed by atoms with Gasteiger partial charge in [-0.15, -0.1) is 0 Å². The van der Waals surface area contributed by atoms with Gasteiger partial charge in [-0.2, -0.15) is 0 Å². The van der Waals surface area contributed by atoms with Gasteiger partial charge < -0.3 is 127 Å². The summed E-state index contributed by atoms with van der Waals surface area (Å²) in [6, 6.07) is -11.6. The Kier molecular flexibility index (Phi) is 40.9. The second-order valence-electron chi connectivity index (χ2n) is 28.4. The third-order valence-corrected chi connectivity index (χ3v) is 18.2. The SMILES string of the molecule is CC(C)CCCCCCCCC(=O)NC(Cc1c[nH]c2ccccc12)C(=O)NC(CC(N)=O)C(=O)NC(CC(=O)O)C(=O)NC1C(=O)NCC(=O)NC(CCCN)C(=O)NC(CC(=O)O)C(=O)NC(CC(N)=O)C(=O)NC(CC(=O)O)C(=O)NCC(=O)NC(CO)C(=O)NC(CCC(=O)O)C(=O)NC(CC(=O)c2ccccc2N)C(=O)OC1C. The standard InChI is InChI=1S/C74H104N18O27/c1-36(2)15-8-6-4-5-7-9-21-56(97)83-45(25-38-32-79-42-19-13-11-16-39(38)42)67(111)86-47(28-55(78)96)69(113)90-50(31-62(106)107)71(115)92-63-37(3)119-74(118)51(26-53(94)40-17-10-12-18-41(40)76)91-66(110)44(22-23-59(100)101)85-72(116)52(35-93)84-58(99)33-80-64(108)48(29-60(102)103)88-68(112)46(27-54(77)95)87-70(114)49(30-61(104)105)89-65(109)43(20-14-24-75)82-57(98)34-81-73(63)117/h10-13,16-19,32,36-37,43-52,63,79,93H,4-9,14-15,20-31,33-35,75-76H2,1-3H3,(H2,77,95)(H2,78,96)(H,80,108)(H,81,117)(H,82,98)(H,83,97)(H,84,99)(H,85,116)(H,86,111)(H,87,114)(H,88,112)(H,89,109)(H,90,113)(H,91,110)(H,92,115)(H,100,101)(H,102,103)(H,104,105)(H,106,107). The summed E-state index contributed by atoms with van der Waals surface area (Å²) in [5.74, 6) is -30.1. The molecule has 0 spiro atoms. The smallest absolute Gasteiger partial charge is 0.329 e. The highest BCUT2D eigenvalue weighted by atomic mass is 16.5. The number of carboxylic acids is 4. The third-order valence-electron chi connectivity index (χ3n) is 18.2. The van der Waals surface area contributed by atoms with Crippen LogP contribution in [0.3, 0.4) is 0 Å². The van der Waals surface area contributed by atoms with Crippen LogP contribution in [0.1, 0.15) is 152 Å². The number of H-pyrrole nitrogens is 1. The summed E-state index contributed by atoms with van der Waals surface area (Å²) < 4.78 is 5.66. The number of benzene rings is 2. The van der Waals surface area contributed by atoms with E-state index in [0.717, 1.165) is 39.0 Å². The number of rotatable bonds is 38. The molecule has 12 atom stereocenters. The number of nitrogens with one attached hydrogen (secondary N) is 14. The average molecular weight is 1680 g/mol. The fraction of sp³-hybridized carbons (Fsp3) is 0.527. The number of aromatic amines is 1. The third kappa shape index (κ3) is 35.0. The number of aromatic nitrogens is 1. The van der Waals surface area contributed by atoms with Crippen molar-refractivity contribution in [3.63, 3.8) is 0 Å². The van der Waals surface area contributed by atoms with Gasteiger partial charge in [0.25, 0.3) is 0 Å². The number of aliphatic hydroxyl groups excluding tert-OH is 1. The van der Waals surface area contributed by atoms with Crippen LogP contribution in [0.4, 0.5) is 5.69 Å². The number of nitrogen functional groups attached to an aromatic ring is 1.